The molecular formula is C11H21NO3. The number of nitrogens with zero attached hydrogens (tertiary/aromatic N) is 1. The maximum atomic E-state index is 11.8. The lowest BCUT2D eigenvalue weighted by Crippen LogP contribution is -2.49. The first-order valence-electron chi connectivity index (χ1n) is 5.33. The molecule has 1 rings (SSSR count). The summed E-state index contributed by atoms with van der Waals surface area (Å²) in [5.74, 6) is 0. The van der Waals surface area contributed by atoms with Crippen molar-refractivity contribution in [2.24, 2.45) is 0 Å². The number of carbonyl (C=O) groups is 1. The van der Waals surface area contributed by atoms with Crippen LogP contribution < -0.4 is 0 Å². The van der Waals surface area contributed by atoms with Crippen molar-refractivity contribution < 1.29 is 14.6 Å². The molecule has 0 aromatic carbocycles. The van der Waals surface area contributed by atoms with Crippen LogP contribution in [0.15, 0.2) is 0 Å². The topological polar surface area (TPSA) is 49.8 Å². The Bertz CT molecular complexity index is 255. The Kier molecular flexibility index (Phi) is 3.01. The summed E-state index contributed by atoms with van der Waals surface area (Å²) in [5, 5.41) is 9.73. The molecule has 1 N–H and O–H groups in total. The first-order chi connectivity index (χ1) is 6.64. The molecule has 1 aliphatic heterocycles. The number of likely N-dealkylation sites (tertiary alicyclic amines) is 1. The van der Waals surface area contributed by atoms with E-state index >= 15 is 0 Å². The Morgan fingerprint density at radius 3 is 2.33 bits per heavy atom. The van der Waals surface area contributed by atoms with Gasteiger partial charge in [0, 0.05) is 6.54 Å². The number of aliphatic hydroxyl groups is 1. The molecule has 1 atom stereocenters. The van der Waals surface area contributed by atoms with Gasteiger partial charge in [0.05, 0.1) is 11.6 Å². The van der Waals surface area contributed by atoms with Crippen molar-refractivity contribution in [2.45, 2.75) is 58.3 Å². The summed E-state index contributed by atoms with van der Waals surface area (Å²) in [6.45, 7) is 9.78. The highest BCUT2D eigenvalue weighted by atomic mass is 16.6. The summed E-state index contributed by atoms with van der Waals surface area (Å²) in [7, 11) is 0. The lowest BCUT2D eigenvalue weighted by molar-refractivity contribution is -0.00280. The molecule has 1 heterocycles. The minimum Gasteiger partial charge on any atom is -0.444 e. The molecular weight excluding hydrogens is 194 g/mol. The van der Waals surface area contributed by atoms with Crippen molar-refractivity contribution in [2.75, 3.05) is 6.54 Å². The number of ether oxygens (including phenoxy) is 1. The standard InChI is InChI=1S/C11H21NO3/c1-10(2,3)15-9(14)12-7-6-8(13)11(12,4)5/h8,13H,6-7H2,1-5H3. The maximum Gasteiger partial charge on any atom is 0.410 e. The molecule has 15 heavy (non-hydrogen) atoms. The van der Waals surface area contributed by atoms with E-state index in [1.165, 1.54) is 0 Å². The minimum atomic E-state index is -0.525. The van der Waals surface area contributed by atoms with Crippen LogP contribution in [0.2, 0.25) is 0 Å². The summed E-state index contributed by atoms with van der Waals surface area (Å²) in [4.78, 5) is 13.4. The van der Waals surface area contributed by atoms with Crippen LogP contribution in [0.3, 0.4) is 0 Å². The van der Waals surface area contributed by atoms with Crippen LogP contribution in [0.25, 0.3) is 0 Å². The molecule has 0 saturated carbocycles. The summed E-state index contributed by atoms with van der Waals surface area (Å²) in [6.07, 6.45) is -0.194. The molecule has 0 bridgehead atoms. The second-order valence-electron chi connectivity index (χ2n) is 5.59. The van der Waals surface area contributed by atoms with Crippen LogP contribution in [0.5, 0.6) is 0 Å². The Hall–Kier alpha value is -0.770. The monoisotopic (exact) mass is 215 g/mol. The predicted octanol–water partition coefficient (Wildman–Crippen LogP) is 1.77. The minimum absolute atomic E-state index is 0.343. The van der Waals surface area contributed by atoms with E-state index in [0.717, 1.165) is 0 Å². The molecule has 0 spiro atoms. The number of aliphatic hydroxyl groups excluding tert-OH is 1. The van der Waals surface area contributed by atoms with E-state index in [1.54, 1.807) is 4.90 Å². The summed E-state index contributed by atoms with van der Waals surface area (Å²) < 4.78 is 5.28. The fraction of sp³-hybridized carbons (Fsp3) is 0.909. The number of amides is 1. The van der Waals surface area contributed by atoms with Gasteiger partial charge in [-0.25, -0.2) is 4.79 Å². The van der Waals surface area contributed by atoms with Crippen molar-refractivity contribution in [3.63, 3.8) is 0 Å². The van der Waals surface area contributed by atoms with Crippen LogP contribution >= 0.6 is 0 Å². The Morgan fingerprint density at radius 1 is 1.47 bits per heavy atom. The molecule has 1 unspecified atom stereocenters. The lowest BCUT2D eigenvalue weighted by Gasteiger charge is -2.34. The summed E-state index contributed by atoms with van der Waals surface area (Å²) >= 11 is 0. The normalized spacial score (nSPS) is 25.5. The first-order valence-corrected chi connectivity index (χ1v) is 5.33. The molecule has 0 radical (unpaired) electrons. The van der Waals surface area contributed by atoms with E-state index in [0.29, 0.717) is 13.0 Å². The van der Waals surface area contributed by atoms with Gasteiger partial charge in [-0.1, -0.05) is 0 Å². The SMILES string of the molecule is CC(C)(C)OC(=O)N1CCC(O)C1(C)C. The number of carbonyl (C=O) groups excluding carboxylic acids is 1. The van der Waals surface area contributed by atoms with Gasteiger partial charge in [-0.15, -0.1) is 0 Å². The third-order valence-corrected chi connectivity index (χ3v) is 2.75. The second kappa shape index (κ2) is 3.67. The molecule has 1 amide bonds. The first kappa shape index (κ1) is 12.3. The van der Waals surface area contributed by atoms with E-state index in [1.807, 2.05) is 34.6 Å². The largest absolute Gasteiger partial charge is 0.444 e. The maximum absolute atomic E-state index is 11.8. The van der Waals surface area contributed by atoms with E-state index in [-0.39, 0.29) is 6.09 Å². The van der Waals surface area contributed by atoms with E-state index in [4.69, 9.17) is 4.74 Å². The van der Waals surface area contributed by atoms with Crippen LogP contribution in [-0.4, -0.2) is 39.9 Å². The number of hydrogen-bond donors (Lipinski definition) is 1. The van der Waals surface area contributed by atoms with Gasteiger partial charge in [-0.05, 0) is 41.0 Å². The van der Waals surface area contributed by atoms with Crippen LogP contribution in [-0.2, 0) is 4.74 Å². The van der Waals surface area contributed by atoms with Gasteiger partial charge < -0.3 is 14.7 Å². The second-order valence-corrected chi connectivity index (χ2v) is 5.59. The Morgan fingerprint density at radius 2 is 2.00 bits per heavy atom. The highest BCUT2D eigenvalue weighted by Gasteiger charge is 2.44. The third kappa shape index (κ3) is 2.62. The fourth-order valence-corrected chi connectivity index (χ4v) is 1.72. The van der Waals surface area contributed by atoms with E-state index < -0.39 is 17.2 Å². The van der Waals surface area contributed by atoms with Crippen LogP contribution in [0.4, 0.5) is 4.79 Å². The lowest BCUT2D eigenvalue weighted by atomic mass is 9.99. The zero-order valence-electron chi connectivity index (χ0n) is 10.2. The van der Waals surface area contributed by atoms with Crippen molar-refractivity contribution in [3.8, 4) is 0 Å². The van der Waals surface area contributed by atoms with Gasteiger partial charge in [0.1, 0.15) is 5.60 Å². The summed E-state index contributed by atoms with van der Waals surface area (Å²) in [6, 6.07) is 0. The van der Waals surface area contributed by atoms with Crippen molar-refractivity contribution in [1.29, 1.82) is 0 Å². The molecule has 1 saturated heterocycles. The smallest absolute Gasteiger partial charge is 0.410 e. The molecule has 0 aromatic rings. The Labute approximate surface area is 91.2 Å². The van der Waals surface area contributed by atoms with Crippen molar-refractivity contribution in [3.05, 3.63) is 0 Å². The van der Waals surface area contributed by atoms with Crippen LogP contribution in [0, 0.1) is 0 Å². The van der Waals surface area contributed by atoms with Gasteiger partial charge >= 0.3 is 6.09 Å². The van der Waals surface area contributed by atoms with E-state index in [2.05, 4.69) is 0 Å². The number of hydrogen-bond acceptors (Lipinski definition) is 3. The quantitative estimate of drug-likeness (QED) is 0.670. The average molecular weight is 215 g/mol. The van der Waals surface area contributed by atoms with E-state index in [9.17, 15) is 9.90 Å². The zero-order chi connectivity index (χ0) is 11.9. The molecule has 1 aliphatic rings. The molecule has 0 aliphatic carbocycles. The molecule has 0 aromatic heterocycles. The van der Waals surface area contributed by atoms with Gasteiger partial charge in [-0.3, -0.25) is 0 Å². The molecule has 88 valence electrons. The molecule has 4 heteroatoms. The van der Waals surface area contributed by atoms with Gasteiger partial charge in [0.15, 0.2) is 0 Å². The zero-order valence-corrected chi connectivity index (χ0v) is 10.2. The highest BCUT2D eigenvalue weighted by molar-refractivity contribution is 5.69. The third-order valence-electron chi connectivity index (χ3n) is 2.75. The van der Waals surface area contributed by atoms with Crippen LogP contribution in [0.1, 0.15) is 41.0 Å². The highest BCUT2D eigenvalue weighted by Crippen LogP contribution is 2.30. The van der Waals surface area contributed by atoms with Gasteiger partial charge in [0.25, 0.3) is 0 Å². The van der Waals surface area contributed by atoms with Crippen molar-refractivity contribution >= 4 is 6.09 Å². The Balaban J connectivity index is 2.70. The van der Waals surface area contributed by atoms with Crippen molar-refractivity contribution in [1.82, 2.24) is 4.90 Å². The predicted molar refractivity (Wildman–Crippen MR) is 57.6 cm³/mol. The molecule has 1 fully saturated rings. The summed E-state index contributed by atoms with van der Waals surface area (Å²) in [5.41, 5.74) is -1.01. The van der Waals surface area contributed by atoms with Gasteiger partial charge in [-0.2, -0.15) is 0 Å². The van der Waals surface area contributed by atoms with Gasteiger partial charge in [0.2, 0.25) is 0 Å². The average Bonchev–Trinajstić information content (AvgIpc) is 2.23. The fourth-order valence-electron chi connectivity index (χ4n) is 1.72. The number of rotatable bonds is 0. The molecule has 4 nitrogen and oxygen atoms in total.